The van der Waals surface area contributed by atoms with E-state index in [-0.39, 0.29) is 42.2 Å². The van der Waals surface area contributed by atoms with Crippen molar-refractivity contribution in [2.75, 3.05) is 13.7 Å². The number of carbonyl (C=O) groups excluding carboxylic acids is 3. The van der Waals surface area contributed by atoms with Crippen molar-refractivity contribution in [2.24, 2.45) is 22.7 Å². The molecule has 0 aromatic carbocycles. The Morgan fingerprint density at radius 3 is 2.44 bits per heavy atom. The van der Waals surface area contributed by atoms with Crippen LogP contribution in [0.25, 0.3) is 0 Å². The molecule has 2 fully saturated rings. The molecule has 6 nitrogen and oxygen atoms in total. The van der Waals surface area contributed by atoms with E-state index in [1.54, 1.807) is 6.92 Å². The van der Waals surface area contributed by atoms with Crippen molar-refractivity contribution >= 4 is 17.9 Å². The predicted octanol–water partition coefficient (Wildman–Crippen LogP) is 3.43. The fraction of sp³-hybridized carbons (Fsp3) is 0.762. The van der Waals surface area contributed by atoms with Gasteiger partial charge in [-0.25, -0.2) is 0 Å². The van der Waals surface area contributed by atoms with Gasteiger partial charge in [-0.15, -0.1) is 0 Å². The molecule has 0 radical (unpaired) electrons. The second-order valence-corrected chi connectivity index (χ2v) is 8.23. The second kappa shape index (κ2) is 8.03. The van der Waals surface area contributed by atoms with Gasteiger partial charge in [-0.1, -0.05) is 19.1 Å². The monoisotopic (exact) mass is 380 g/mol. The largest absolute Gasteiger partial charge is 0.469 e. The van der Waals surface area contributed by atoms with Gasteiger partial charge in [0.1, 0.15) is 11.5 Å². The van der Waals surface area contributed by atoms with Crippen molar-refractivity contribution in [3.8, 4) is 0 Å². The summed E-state index contributed by atoms with van der Waals surface area (Å²) >= 11 is 0. The minimum Gasteiger partial charge on any atom is -0.469 e. The van der Waals surface area contributed by atoms with Gasteiger partial charge in [0.05, 0.1) is 20.1 Å². The average molecular weight is 380 g/mol. The molecule has 0 N–H and O–H groups in total. The van der Waals surface area contributed by atoms with Gasteiger partial charge in [-0.3, -0.25) is 14.4 Å². The molecule has 0 aromatic rings. The van der Waals surface area contributed by atoms with E-state index in [0.717, 1.165) is 24.8 Å². The first-order valence-corrected chi connectivity index (χ1v) is 9.70. The molecular formula is C21H32O6. The van der Waals surface area contributed by atoms with Gasteiger partial charge < -0.3 is 14.2 Å². The summed E-state index contributed by atoms with van der Waals surface area (Å²) in [5.74, 6) is -1.16. The summed E-state index contributed by atoms with van der Waals surface area (Å²) in [6.07, 6.45) is 2.48. The molecule has 6 heteroatoms. The molecule has 2 rings (SSSR count). The summed E-state index contributed by atoms with van der Waals surface area (Å²) in [4.78, 5) is 36.7. The van der Waals surface area contributed by atoms with Crippen LogP contribution in [-0.2, 0) is 28.6 Å². The lowest BCUT2D eigenvalue weighted by Crippen LogP contribution is -2.60. The zero-order valence-electron chi connectivity index (χ0n) is 17.1. The zero-order chi connectivity index (χ0) is 20.4. The molecule has 0 saturated heterocycles. The highest BCUT2D eigenvalue weighted by atomic mass is 16.6. The summed E-state index contributed by atoms with van der Waals surface area (Å²) < 4.78 is 15.9. The summed E-state index contributed by atoms with van der Waals surface area (Å²) in [6, 6.07) is 0. The number of hydrogen-bond acceptors (Lipinski definition) is 6. The highest BCUT2D eigenvalue weighted by Crippen LogP contribution is 2.62. The molecule has 2 aliphatic carbocycles. The van der Waals surface area contributed by atoms with Gasteiger partial charge in [0.15, 0.2) is 0 Å². The average Bonchev–Trinajstić information content (AvgIpc) is 2.60. The van der Waals surface area contributed by atoms with Crippen molar-refractivity contribution in [1.82, 2.24) is 0 Å². The number of allylic oxidation sites excluding steroid dienone is 1. The van der Waals surface area contributed by atoms with Crippen molar-refractivity contribution < 1.29 is 28.6 Å². The highest BCUT2D eigenvalue weighted by molar-refractivity contribution is 5.79. The van der Waals surface area contributed by atoms with Crippen molar-refractivity contribution in [3.05, 3.63) is 12.2 Å². The first-order chi connectivity index (χ1) is 12.6. The maximum Gasteiger partial charge on any atom is 0.315 e. The van der Waals surface area contributed by atoms with Crippen molar-refractivity contribution in [2.45, 2.75) is 65.9 Å². The van der Waals surface area contributed by atoms with Crippen molar-refractivity contribution in [3.63, 3.8) is 0 Å². The molecule has 152 valence electrons. The Morgan fingerprint density at radius 1 is 1.22 bits per heavy atom. The second-order valence-electron chi connectivity index (χ2n) is 8.23. The third-order valence-corrected chi connectivity index (χ3v) is 6.80. The Balaban J connectivity index is 2.47. The van der Waals surface area contributed by atoms with E-state index in [1.807, 2.05) is 6.92 Å². The third kappa shape index (κ3) is 3.76. The number of fused-ring (bicyclic) bond motifs is 1. The Morgan fingerprint density at radius 2 is 1.89 bits per heavy atom. The van der Waals surface area contributed by atoms with Gasteiger partial charge in [-0.2, -0.15) is 0 Å². The molecule has 2 aliphatic rings. The van der Waals surface area contributed by atoms with Crippen LogP contribution in [0.3, 0.4) is 0 Å². The lowest BCUT2D eigenvalue weighted by atomic mass is 9.46. The van der Waals surface area contributed by atoms with Gasteiger partial charge in [0.25, 0.3) is 0 Å². The van der Waals surface area contributed by atoms with Crippen LogP contribution in [0.15, 0.2) is 12.2 Å². The van der Waals surface area contributed by atoms with Gasteiger partial charge in [0, 0.05) is 6.92 Å². The van der Waals surface area contributed by atoms with Crippen LogP contribution in [-0.4, -0.2) is 37.7 Å². The minimum absolute atomic E-state index is 0.0734. The summed E-state index contributed by atoms with van der Waals surface area (Å²) in [5.41, 5.74) is -0.248. The fourth-order valence-corrected chi connectivity index (χ4v) is 5.41. The van der Waals surface area contributed by atoms with E-state index in [9.17, 15) is 14.4 Å². The minimum atomic E-state index is -0.955. The van der Waals surface area contributed by atoms with E-state index >= 15 is 0 Å². The summed E-state index contributed by atoms with van der Waals surface area (Å²) in [5, 5.41) is 0. The van der Waals surface area contributed by atoms with E-state index in [0.29, 0.717) is 6.42 Å². The highest BCUT2D eigenvalue weighted by Gasteiger charge is 2.63. The molecular weight excluding hydrogens is 348 g/mol. The molecule has 0 aromatic heterocycles. The standard InChI is InChI=1S/C21H32O6/c1-7-26-19(24)21(5)16-9-8-13(2)15(12-18(23)25-6)20(16,4)11-10-17(21)27-14(3)22/h15-17H,2,7-12H2,1,3-6H3/t15-,16+,17-,20+,21+/m0/s1. The van der Waals surface area contributed by atoms with Gasteiger partial charge in [0.2, 0.25) is 0 Å². The molecule has 0 unspecified atom stereocenters. The molecule has 0 spiro atoms. The Hall–Kier alpha value is -1.85. The molecule has 5 atom stereocenters. The van der Waals surface area contributed by atoms with Crippen LogP contribution in [0, 0.1) is 22.7 Å². The molecule has 0 aliphatic heterocycles. The fourth-order valence-electron chi connectivity index (χ4n) is 5.41. The van der Waals surface area contributed by atoms with Crippen molar-refractivity contribution in [1.29, 1.82) is 0 Å². The summed E-state index contributed by atoms with van der Waals surface area (Å²) in [6.45, 7) is 11.6. The SMILES string of the molecule is C=C1CC[C@@H]2[C@](C)(CC[C@H](OC(C)=O)[C@]2(C)C(=O)OCC)[C@H]1CC(=O)OC. The number of ether oxygens (including phenoxy) is 3. The number of rotatable bonds is 5. The topological polar surface area (TPSA) is 78.9 Å². The number of carbonyl (C=O) groups is 3. The summed E-state index contributed by atoms with van der Waals surface area (Å²) in [7, 11) is 1.38. The smallest absolute Gasteiger partial charge is 0.315 e. The van der Waals surface area contributed by atoms with Crippen LogP contribution in [0.5, 0.6) is 0 Å². The molecule has 0 amide bonds. The number of methoxy groups -OCH3 is 1. The lowest BCUT2D eigenvalue weighted by Gasteiger charge is -2.59. The normalized spacial score (nSPS) is 35.7. The first kappa shape index (κ1) is 21.5. The van der Waals surface area contributed by atoms with Crippen LogP contribution in [0.1, 0.15) is 59.8 Å². The van der Waals surface area contributed by atoms with E-state index in [4.69, 9.17) is 14.2 Å². The lowest BCUT2D eigenvalue weighted by molar-refractivity contribution is -0.199. The first-order valence-electron chi connectivity index (χ1n) is 9.70. The number of hydrogen-bond donors (Lipinski definition) is 0. The molecule has 0 heterocycles. The third-order valence-electron chi connectivity index (χ3n) is 6.80. The van der Waals surface area contributed by atoms with Crippen LogP contribution in [0.2, 0.25) is 0 Å². The van der Waals surface area contributed by atoms with Crippen LogP contribution < -0.4 is 0 Å². The van der Waals surface area contributed by atoms with Gasteiger partial charge >= 0.3 is 17.9 Å². The molecule has 27 heavy (non-hydrogen) atoms. The predicted molar refractivity (Wildman–Crippen MR) is 99.6 cm³/mol. The van der Waals surface area contributed by atoms with E-state index < -0.39 is 17.5 Å². The Bertz CT molecular complexity index is 626. The maximum atomic E-state index is 13.0. The zero-order valence-corrected chi connectivity index (χ0v) is 17.1. The Labute approximate surface area is 161 Å². The molecule has 0 bridgehead atoms. The Kier molecular flexibility index (Phi) is 6.38. The van der Waals surface area contributed by atoms with Crippen LogP contribution in [0.4, 0.5) is 0 Å². The number of esters is 3. The molecule has 2 saturated carbocycles. The quantitative estimate of drug-likeness (QED) is 0.413. The van der Waals surface area contributed by atoms with Gasteiger partial charge in [-0.05, 0) is 56.8 Å². The van der Waals surface area contributed by atoms with Crippen LogP contribution >= 0.6 is 0 Å². The van der Waals surface area contributed by atoms with E-state index in [1.165, 1.54) is 14.0 Å². The maximum absolute atomic E-state index is 13.0. The van der Waals surface area contributed by atoms with E-state index in [2.05, 4.69) is 13.5 Å².